The number of hydrogen-bond donors (Lipinski definition) is 3. The van der Waals surface area contributed by atoms with Crippen molar-refractivity contribution in [1.82, 2.24) is 10.3 Å². The zero-order chi connectivity index (χ0) is 24.4. The molecule has 5 nitrogen and oxygen atoms in total. The maximum Gasteiger partial charge on any atom is 0.416 e. The second-order valence-corrected chi connectivity index (χ2v) is 7.14. The van der Waals surface area contributed by atoms with Crippen LogP contribution in [0.3, 0.4) is 0 Å². The Balaban J connectivity index is 1.79. The number of H-pyrrole nitrogens is 1. The number of carbonyl (C=O) groups excluding carboxylic acids is 1. The van der Waals surface area contributed by atoms with Crippen LogP contribution in [-0.2, 0) is 28.4 Å². The van der Waals surface area contributed by atoms with Gasteiger partial charge in [-0.15, -0.1) is 0 Å². The highest BCUT2D eigenvalue weighted by Crippen LogP contribution is 2.36. The monoisotopic (exact) mass is 470 g/mol. The minimum atomic E-state index is -5.03. The molecule has 0 spiro atoms. The van der Waals surface area contributed by atoms with E-state index >= 15 is 0 Å². The summed E-state index contributed by atoms with van der Waals surface area (Å²) in [6.45, 7) is 0. The first kappa shape index (κ1) is 23.9. The molecule has 2 aromatic carbocycles. The number of amides is 1. The van der Waals surface area contributed by atoms with Crippen molar-refractivity contribution < 1.29 is 41.0 Å². The molecule has 0 aliphatic heterocycles. The van der Waals surface area contributed by atoms with Crippen molar-refractivity contribution in [1.29, 1.82) is 0 Å². The van der Waals surface area contributed by atoms with E-state index in [2.05, 4.69) is 10.3 Å². The average molecular weight is 470 g/mol. The van der Waals surface area contributed by atoms with Gasteiger partial charge >= 0.3 is 18.3 Å². The summed E-state index contributed by atoms with van der Waals surface area (Å²) in [4.78, 5) is 26.7. The fraction of sp³-hybridized carbons (Fsp3) is 0.182. The standard InChI is InChI=1S/C22H16F6N2O3/c23-21(24,25)14-7-12(8-15(10-14)22(26,27)28)5-6-19(31)30-18(20(32)33)9-13-11-29-17-4-2-1-3-16(13)17/h1-8,10-11,18,29H,9H2,(H,30,31)(H,32,33)/b6-5+/t18-/m0/s1. The van der Waals surface area contributed by atoms with Crippen LogP contribution in [0.2, 0.25) is 0 Å². The van der Waals surface area contributed by atoms with E-state index in [1.807, 2.05) is 0 Å². The largest absolute Gasteiger partial charge is 0.480 e. The maximum atomic E-state index is 12.9. The van der Waals surface area contributed by atoms with Gasteiger partial charge in [0.25, 0.3) is 0 Å². The third-order valence-corrected chi connectivity index (χ3v) is 4.75. The number of alkyl halides is 6. The topological polar surface area (TPSA) is 82.2 Å². The third kappa shape index (κ3) is 5.93. The number of para-hydroxylation sites is 1. The maximum absolute atomic E-state index is 12.9. The van der Waals surface area contributed by atoms with E-state index in [1.54, 1.807) is 30.5 Å². The Bertz CT molecular complexity index is 1180. The number of carbonyl (C=O) groups is 2. The molecule has 0 aliphatic carbocycles. The molecule has 0 unspecified atom stereocenters. The summed E-state index contributed by atoms with van der Waals surface area (Å²) in [5, 5.41) is 12.4. The van der Waals surface area contributed by atoms with Crippen molar-refractivity contribution in [3.63, 3.8) is 0 Å². The molecule has 174 valence electrons. The molecule has 0 bridgehead atoms. The lowest BCUT2D eigenvalue weighted by Gasteiger charge is -2.14. The summed E-state index contributed by atoms with van der Waals surface area (Å²) < 4.78 is 77.7. The first-order valence-electron chi connectivity index (χ1n) is 9.40. The number of aromatic amines is 1. The Hall–Kier alpha value is -3.76. The van der Waals surface area contributed by atoms with E-state index in [-0.39, 0.29) is 12.5 Å². The molecule has 3 aromatic rings. The Morgan fingerprint density at radius 1 is 1.00 bits per heavy atom. The minimum Gasteiger partial charge on any atom is -0.480 e. The normalized spacial score (nSPS) is 13.4. The molecule has 1 atom stereocenters. The number of aromatic nitrogens is 1. The highest BCUT2D eigenvalue weighted by atomic mass is 19.4. The van der Waals surface area contributed by atoms with E-state index in [0.717, 1.165) is 17.0 Å². The first-order chi connectivity index (χ1) is 15.3. The van der Waals surface area contributed by atoms with Gasteiger partial charge < -0.3 is 15.4 Å². The Morgan fingerprint density at radius 3 is 2.18 bits per heavy atom. The number of rotatable bonds is 6. The molecule has 1 amide bonds. The van der Waals surface area contributed by atoms with Crippen LogP contribution < -0.4 is 5.32 Å². The van der Waals surface area contributed by atoms with Crippen LogP contribution >= 0.6 is 0 Å². The van der Waals surface area contributed by atoms with Crippen LogP contribution in [0.25, 0.3) is 17.0 Å². The quantitative estimate of drug-likeness (QED) is 0.349. The van der Waals surface area contributed by atoms with Gasteiger partial charge in [0, 0.05) is 29.6 Å². The SMILES string of the molecule is O=C(/C=C/c1cc(C(F)(F)F)cc(C(F)(F)F)c1)N[C@@H](Cc1c[nH]c2ccccc12)C(=O)O. The number of hydrogen-bond acceptors (Lipinski definition) is 2. The Kier molecular flexibility index (Phi) is 6.52. The predicted octanol–water partition coefficient (Wildman–Crippen LogP) is 5.03. The highest BCUT2D eigenvalue weighted by molar-refractivity contribution is 5.94. The van der Waals surface area contributed by atoms with E-state index in [0.29, 0.717) is 23.8 Å². The summed E-state index contributed by atoms with van der Waals surface area (Å²) in [5.41, 5.74) is -2.21. The molecule has 3 rings (SSSR count). The van der Waals surface area contributed by atoms with Crippen LogP contribution in [0.15, 0.2) is 54.7 Å². The molecule has 0 aliphatic rings. The molecule has 0 radical (unpaired) electrons. The number of nitrogens with one attached hydrogen (secondary N) is 2. The van der Waals surface area contributed by atoms with Gasteiger partial charge in [0.2, 0.25) is 5.91 Å². The summed E-state index contributed by atoms with van der Waals surface area (Å²) >= 11 is 0. The minimum absolute atomic E-state index is 0.0287. The summed E-state index contributed by atoms with van der Waals surface area (Å²) in [5.74, 6) is -2.35. The van der Waals surface area contributed by atoms with Gasteiger partial charge in [-0.1, -0.05) is 18.2 Å². The van der Waals surface area contributed by atoms with Gasteiger partial charge in [-0.05, 0) is 41.5 Å². The number of benzene rings is 2. The van der Waals surface area contributed by atoms with Gasteiger partial charge in [0.1, 0.15) is 6.04 Å². The van der Waals surface area contributed by atoms with E-state index in [4.69, 9.17) is 0 Å². The molecule has 0 saturated heterocycles. The molecule has 1 heterocycles. The van der Waals surface area contributed by atoms with Crippen LogP contribution in [0.5, 0.6) is 0 Å². The van der Waals surface area contributed by atoms with Crippen LogP contribution in [-0.4, -0.2) is 28.0 Å². The van der Waals surface area contributed by atoms with Crippen molar-refractivity contribution in [2.75, 3.05) is 0 Å². The van der Waals surface area contributed by atoms with E-state index in [1.165, 1.54) is 0 Å². The van der Waals surface area contributed by atoms with Gasteiger partial charge in [0.05, 0.1) is 11.1 Å². The van der Waals surface area contributed by atoms with Gasteiger partial charge in [-0.25, -0.2) is 4.79 Å². The highest BCUT2D eigenvalue weighted by Gasteiger charge is 2.36. The van der Waals surface area contributed by atoms with E-state index < -0.39 is 47.0 Å². The van der Waals surface area contributed by atoms with Crippen molar-refractivity contribution in [2.24, 2.45) is 0 Å². The lowest BCUT2D eigenvalue weighted by atomic mass is 10.0. The second-order valence-electron chi connectivity index (χ2n) is 7.14. The average Bonchev–Trinajstić information content (AvgIpc) is 3.13. The van der Waals surface area contributed by atoms with Crippen molar-refractivity contribution >= 4 is 28.9 Å². The predicted molar refractivity (Wildman–Crippen MR) is 107 cm³/mol. The Morgan fingerprint density at radius 2 is 1.61 bits per heavy atom. The third-order valence-electron chi connectivity index (χ3n) is 4.75. The van der Waals surface area contributed by atoms with Gasteiger partial charge in [-0.3, -0.25) is 4.79 Å². The van der Waals surface area contributed by atoms with Crippen molar-refractivity contribution in [3.05, 3.63) is 77.0 Å². The number of carboxylic acid groups (broad SMARTS) is 1. The molecular weight excluding hydrogens is 454 g/mol. The molecule has 33 heavy (non-hydrogen) atoms. The smallest absolute Gasteiger partial charge is 0.416 e. The number of halogens is 6. The second kappa shape index (κ2) is 9.00. The van der Waals surface area contributed by atoms with Crippen LogP contribution in [0.4, 0.5) is 26.3 Å². The zero-order valence-electron chi connectivity index (χ0n) is 16.6. The molecule has 0 fully saturated rings. The van der Waals surface area contributed by atoms with E-state index in [9.17, 15) is 41.0 Å². The van der Waals surface area contributed by atoms with Crippen LogP contribution in [0.1, 0.15) is 22.3 Å². The van der Waals surface area contributed by atoms with Gasteiger partial charge in [0.15, 0.2) is 0 Å². The number of aliphatic carboxylic acids is 1. The van der Waals surface area contributed by atoms with Crippen LogP contribution in [0, 0.1) is 0 Å². The lowest BCUT2D eigenvalue weighted by molar-refractivity contribution is -0.143. The number of carboxylic acids is 1. The summed E-state index contributed by atoms with van der Waals surface area (Å²) in [6.07, 6.45) is -7.13. The summed E-state index contributed by atoms with van der Waals surface area (Å²) in [6, 6.07) is 6.57. The molecule has 11 heteroatoms. The molecular formula is C22H16F6N2O3. The Labute approximate surface area is 182 Å². The summed E-state index contributed by atoms with van der Waals surface area (Å²) in [7, 11) is 0. The zero-order valence-corrected chi connectivity index (χ0v) is 16.6. The van der Waals surface area contributed by atoms with Gasteiger partial charge in [-0.2, -0.15) is 26.3 Å². The fourth-order valence-electron chi connectivity index (χ4n) is 3.19. The number of fused-ring (bicyclic) bond motifs is 1. The molecule has 1 aromatic heterocycles. The van der Waals surface area contributed by atoms with Crippen molar-refractivity contribution in [3.8, 4) is 0 Å². The first-order valence-corrected chi connectivity index (χ1v) is 9.40. The van der Waals surface area contributed by atoms with Crippen molar-refractivity contribution in [2.45, 2.75) is 24.8 Å². The molecule has 3 N–H and O–H groups in total. The fourth-order valence-corrected chi connectivity index (χ4v) is 3.19. The lowest BCUT2D eigenvalue weighted by Crippen LogP contribution is -2.41. The molecule has 0 saturated carbocycles.